The number of aromatic nitrogens is 1. The Morgan fingerprint density at radius 1 is 1.21 bits per heavy atom. The number of fused-ring (bicyclic) bond motifs is 1. The maximum atomic E-state index is 14.9. The molecular weight excluding hydrogens is 369 g/mol. The Kier molecular flexibility index (Phi) is 4.94. The topological polar surface area (TPSA) is 95.2 Å². The van der Waals surface area contributed by atoms with Crippen LogP contribution in [0.2, 0.25) is 0 Å². The molecule has 1 aliphatic heterocycles. The molecule has 1 saturated carbocycles. The van der Waals surface area contributed by atoms with Gasteiger partial charge in [0.1, 0.15) is 5.82 Å². The van der Waals surface area contributed by atoms with Crippen LogP contribution in [0.1, 0.15) is 18.9 Å². The molecule has 2 fully saturated rings. The summed E-state index contributed by atoms with van der Waals surface area (Å²) in [5.74, 6) is -0.827. The minimum atomic E-state index is -1.57. The van der Waals surface area contributed by atoms with Crippen molar-refractivity contribution in [3.63, 3.8) is 0 Å². The van der Waals surface area contributed by atoms with Gasteiger partial charge in [0.05, 0.1) is 29.4 Å². The lowest BCUT2D eigenvalue weighted by atomic mass is 10.1. The highest BCUT2D eigenvalue weighted by Gasteiger charge is 2.28. The first-order valence-corrected chi connectivity index (χ1v) is 9.35. The lowest BCUT2D eigenvalue weighted by Gasteiger charge is -2.36. The number of aliphatic hydroxyl groups excluding tert-OH is 1. The lowest BCUT2D eigenvalue weighted by molar-refractivity contribution is 0.143. The van der Waals surface area contributed by atoms with Crippen molar-refractivity contribution in [3.05, 3.63) is 34.4 Å². The first kappa shape index (κ1) is 18.7. The van der Waals surface area contributed by atoms with Gasteiger partial charge in [0, 0.05) is 38.8 Å². The first-order valence-electron chi connectivity index (χ1n) is 9.35. The normalized spacial score (nSPS) is 17.9. The average Bonchev–Trinajstić information content (AvgIpc) is 3.50. The number of rotatable bonds is 5. The van der Waals surface area contributed by atoms with Crippen LogP contribution >= 0.6 is 0 Å². The zero-order valence-corrected chi connectivity index (χ0v) is 15.3. The highest BCUT2D eigenvalue weighted by molar-refractivity contribution is 5.85. The maximum Gasteiger partial charge on any atom is 0.511 e. The predicted octanol–water partition coefficient (Wildman–Crippen LogP) is 1.65. The first-order chi connectivity index (χ1) is 13.5. The number of halogens is 1. The van der Waals surface area contributed by atoms with Crippen LogP contribution in [0.4, 0.5) is 14.9 Å². The van der Waals surface area contributed by atoms with Gasteiger partial charge in [0.15, 0.2) is 5.75 Å². The molecule has 2 aromatic rings. The Morgan fingerprint density at radius 2 is 1.93 bits per heavy atom. The predicted molar refractivity (Wildman–Crippen MR) is 101 cm³/mol. The fourth-order valence-electron chi connectivity index (χ4n) is 3.75. The molecule has 4 rings (SSSR count). The van der Waals surface area contributed by atoms with Crippen LogP contribution in [-0.2, 0) is 0 Å². The third kappa shape index (κ3) is 3.55. The zero-order chi connectivity index (χ0) is 19.8. The number of benzene rings is 1. The molecule has 2 N–H and O–H groups in total. The molecule has 1 aromatic carbocycles. The van der Waals surface area contributed by atoms with Gasteiger partial charge >= 0.3 is 6.16 Å². The standard InChI is InChI=1S/C19H22FN3O5/c20-14-9-13-15(10-16(14)22-5-3-21(4-6-22)7-8-24)23(12-1-2-12)11-17(18(13)25)28-19(26)27/h9-12,24H,1-8H2,(H,26,27). The fraction of sp³-hybridized carbons (Fsp3) is 0.474. The molecule has 2 aliphatic rings. The number of hydrogen-bond acceptors (Lipinski definition) is 6. The SMILES string of the molecule is O=C(O)Oc1cn(C2CC2)c2cc(N3CCN(CCO)CC3)c(F)cc2c1=O. The second-order valence-corrected chi connectivity index (χ2v) is 7.20. The Balaban J connectivity index is 1.74. The molecule has 8 nitrogen and oxygen atoms in total. The third-order valence-electron chi connectivity index (χ3n) is 5.33. The molecule has 9 heteroatoms. The van der Waals surface area contributed by atoms with E-state index in [2.05, 4.69) is 9.64 Å². The highest BCUT2D eigenvalue weighted by atomic mass is 19.1. The molecule has 2 heterocycles. The van der Waals surface area contributed by atoms with Crippen molar-refractivity contribution < 1.29 is 24.1 Å². The highest BCUT2D eigenvalue weighted by Crippen LogP contribution is 2.39. The largest absolute Gasteiger partial charge is 0.511 e. The number of pyridine rings is 1. The van der Waals surface area contributed by atoms with Gasteiger partial charge in [-0.1, -0.05) is 0 Å². The number of carboxylic acid groups (broad SMARTS) is 1. The van der Waals surface area contributed by atoms with Gasteiger partial charge < -0.3 is 24.4 Å². The van der Waals surface area contributed by atoms with E-state index < -0.39 is 17.4 Å². The molecule has 0 radical (unpaired) electrons. The fourth-order valence-corrected chi connectivity index (χ4v) is 3.75. The van der Waals surface area contributed by atoms with Crippen LogP contribution in [0.3, 0.4) is 0 Å². The van der Waals surface area contributed by atoms with Gasteiger partial charge in [-0.15, -0.1) is 0 Å². The van der Waals surface area contributed by atoms with Crippen molar-refractivity contribution in [2.24, 2.45) is 0 Å². The van der Waals surface area contributed by atoms with E-state index in [0.29, 0.717) is 30.8 Å². The zero-order valence-electron chi connectivity index (χ0n) is 15.3. The van der Waals surface area contributed by atoms with Crippen LogP contribution < -0.4 is 15.1 Å². The van der Waals surface area contributed by atoms with Gasteiger partial charge in [0.2, 0.25) is 5.43 Å². The molecule has 1 aromatic heterocycles. The van der Waals surface area contributed by atoms with Gasteiger partial charge in [-0.2, -0.15) is 0 Å². The van der Waals surface area contributed by atoms with Crippen LogP contribution in [0.15, 0.2) is 23.1 Å². The van der Waals surface area contributed by atoms with Gasteiger partial charge in [-0.25, -0.2) is 9.18 Å². The smallest absolute Gasteiger partial charge is 0.449 e. The van der Waals surface area contributed by atoms with E-state index >= 15 is 0 Å². The van der Waals surface area contributed by atoms with E-state index in [0.717, 1.165) is 25.9 Å². The van der Waals surface area contributed by atoms with Crippen molar-refractivity contribution in [2.45, 2.75) is 18.9 Å². The number of β-amino-alcohol motifs (C(OH)–C–C–N with tert-alkyl or cyclic N) is 1. The molecule has 0 amide bonds. The van der Waals surface area contributed by atoms with E-state index in [1.165, 1.54) is 12.3 Å². The summed E-state index contributed by atoms with van der Waals surface area (Å²) < 4.78 is 21.3. The summed E-state index contributed by atoms with van der Waals surface area (Å²) in [5, 5.41) is 18.0. The molecular formula is C19H22FN3O5. The van der Waals surface area contributed by atoms with Crippen molar-refractivity contribution >= 4 is 22.7 Å². The Labute approximate surface area is 160 Å². The minimum Gasteiger partial charge on any atom is -0.449 e. The second kappa shape index (κ2) is 7.40. The average molecular weight is 391 g/mol. The summed E-state index contributed by atoms with van der Waals surface area (Å²) in [4.78, 5) is 27.5. The second-order valence-electron chi connectivity index (χ2n) is 7.20. The number of carbonyl (C=O) groups is 1. The molecule has 0 spiro atoms. The number of anilines is 1. The molecule has 1 aliphatic carbocycles. The Bertz CT molecular complexity index is 964. The van der Waals surface area contributed by atoms with Crippen LogP contribution in [0, 0.1) is 5.82 Å². The molecule has 1 saturated heterocycles. The van der Waals surface area contributed by atoms with E-state index in [9.17, 15) is 14.0 Å². The molecule has 28 heavy (non-hydrogen) atoms. The number of aliphatic hydroxyl groups is 1. The lowest BCUT2D eigenvalue weighted by Crippen LogP contribution is -2.47. The third-order valence-corrected chi connectivity index (χ3v) is 5.33. The number of ether oxygens (including phenoxy) is 1. The van der Waals surface area contributed by atoms with E-state index in [-0.39, 0.29) is 23.8 Å². The van der Waals surface area contributed by atoms with Crippen LogP contribution in [-0.4, -0.2) is 65.2 Å². The van der Waals surface area contributed by atoms with Gasteiger partial charge in [0.25, 0.3) is 0 Å². The maximum absolute atomic E-state index is 14.9. The van der Waals surface area contributed by atoms with E-state index in [4.69, 9.17) is 10.2 Å². The summed E-state index contributed by atoms with van der Waals surface area (Å²) in [6.07, 6.45) is 1.67. The Morgan fingerprint density at radius 3 is 2.54 bits per heavy atom. The van der Waals surface area contributed by atoms with Crippen LogP contribution in [0.5, 0.6) is 5.75 Å². The number of nitrogens with zero attached hydrogens (tertiary/aromatic N) is 3. The number of piperazine rings is 1. The summed E-state index contributed by atoms with van der Waals surface area (Å²) in [6, 6.07) is 3.01. The summed E-state index contributed by atoms with van der Waals surface area (Å²) >= 11 is 0. The summed E-state index contributed by atoms with van der Waals surface area (Å²) in [7, 11) is 0. The summed E-state index contributed by atoms with van der Waals surface area (Å²) in [5.41, 5.74) is 0.379. The summed E-state index contributed by atoms with van der Waals surface area (Å²) in [6.45, 7) is 3.38. The van der Waals surface area contributed by atoms with Crippen molar-refractivity contribution in [3.8, 4) is 5.75 Å². The molecule has 0 bridgehead atoms. The Hall–Kier alpha value is -2.65. The van der Waals surface area contributed by atoms with E-state index in [1.54, 1.807) is 6.07 Å². The molecule has 0 unspecified atom stereocenters. The number of hydrogen-bond donors (Lipinski definition) is 2. The quantitative estimate of drug-likeness (QED) is 0.749. The van der Waals surface area contributed by atoms with Crippen molar-refractivity contribution in [1.82, 2.24) is 9.47 Å². The van der Waals surface area contributed by atoms with Crippen molar-refractivity contribution in [2.75, 3.05) is 44.2 Å². The minimum absolute atomic E-state index is 0.0960. The van der Waals surface area contributed by atoms with Crippen LogP contribution in [0.25, 0.3) is 10.9 Å². The van der Waals surface area contributed by atoms with E-state index in [1.807, 2.05) is 9.47 Å². The molecule has 150 valence electrons. The monoisotopic (exact) mass is 391 g/mol. The van der Waals surface area contributed by atoms with Crippen molar-refractivity contribution in [1.29, 1.82) is 0 Å². The van der Waals surface area contributed by atoms with Gasteiger partial charge in [-0.3, -0.25) is 9.69 Å². The van der Waals surface area contributed by atoms with Gasteiger partial charge in [-0.05, 0) is 25.0 Å². The molecule has 0 atom stereocenters.